The van der Waals surface area contributed by atoms with Crippen molar-refractivity contribution < 1.29 is 17.9 Å². The summed E-state index contributed by atoms with van der Waals surface area (Å²) in [6.45, 7) is 7.53. The lowest BCUT2D eigenvalue weighted by Crippen LogP contribution is -2.35. The second-order valence-corrected chi connectivity index (χ2v) is 9.98. The van der Waals surface area contributed by atoms with Crippen molar-refractivity contribution in [3.05, 3.63) is 18.2 Å². The molecule has 1 aromatic carbocycles. The molecule has 1 aromatic rings. The largest absolute Gasteiger partial charge is 0.378 e. The van der Waals surface area contributed by atoms with Gasteiger partial charge in [-0.1, -0.05) is 6.42 Å². The van der Waals surface area contributed by atoms with Crippen LogP contribution >= 0.6 is 0 Å². The van der Waals surface area contributed by atoms with Gasteiger partial charge in [0.05, 0.1) is 22.4 Å². The van der Waals surface area contributed by atoms with Crippen LogP contribution in [0, 0.1) is 0 Å². The van der Waals surface area contributed by atoms with Crippen LogP contribution in [0.1, 0.15) is 58.8 Å². The van der Waals surface area contributed by atoms with Gasteiger partial charge in [-0.3, -0.25) is 4.79 Å². The van der Waals surface area contributed by atoms with Gasteiger partial charge in [0.25, 0.3) is 0 Å². The highest BCUT2D eigenvalue weighted by molar-refractivity contribution is 7.89. The van der Waals surface area contributed by atoms with Crippen molar-refractivity contribution in [1.82, 2.24) is 4.31 Å². The van der Waals surface area contributed by atoms with Crippen molar-refractivity contribution in [1.29, 1.82) is 0 Å². The van der Waals surface area contributed by atoms with E-state index >= 15 is 0 Å². The third-order valence-electron chi connectivity index (χ3n) is 6.02. The second kappa shape index (κ2) is 10.6. The Kier molecular flexibility index (Phi) is 8.13. The van der Waals surface area contributed by atoms with Crippen LogP contribution in [0.5, 0.6) is 0 Å². The second-order valence-electron chi connectivity index (χ2n) is 8.04. The van der Waals surface area contributed by atoms with E-state index in [0.717, 1.165) is 57.5 Å². The van der Waals surface area contributed by atoms with Crippen LogP contribution in [-0.4, -0.2) is 57.5 Å². The highest BCUT2D eigenvalue weighted by Gasteiger charge is 2.27. The highest BCUT2D eigenvalue weighted by Crippen LogP contribution is 2.31. The van der Waals surface area contributed by atoms with Gasteiger partial charge in [-0.15, -0.1) is 0 Å². The lowest BCUT2D eigenvalue weighted by molar-refractivity contribution is -0.116. The van der Waals surface area contributed by atoms with Gasteiger partial charge in [-0.05, 0) is 64.2 Å². The van der Waals surface area contributed by atoms with E-state index in [9.17, 15) is 13.2 Å². The molecule has 1 N–H and O–H groups in total. The molecule has 0 spiro atoms. The summed E-state index contributed by atoms with van der Waals surface area (Å²) in [5.74, 6) is -0.105. The molecule has 0 saturated carbocycles. The van der Waals surface area contributed by atoms with Gasteiger partial charge in [-0.2, -0.15) is 4.31 Å². The van der Waals surface area contributed by atoms with Gasteiger partial charge in [0.2, 0.25) is 15.9 Å². The summed E-state index contributed by atoms with van der Waals surface area (Å²) in [5.41, 5.74) is 1.41. The molecular formula is C22H35N3O4S. The zero-order valence-electron chi connectivity index (χ0n) is 18.2. The number of nitrogens with zero attached hydrogens (tertiary/aromatic N) is 2. The molecule has 0 aliphatic carbocycles. The minimum absolute atomic E-state index is 0.105. The third-order valence-corrected chi connectivity index (χ3v) is 7.91. The Bertz CT molecular complexity index is 812. The average molecular weight is 438 g/mol. The van der Waals surface area contributed by atoms with Crippen LogP contribution in [0.4, 0.5) is 11.4 Å². The first kappa shape index (κ1) is 23.0. The van der Waals surface area contributed by atoms with Crippen molar-refractivity contribution in [2.75, 3.05) is 43.0 Å². The maximum atomic E-state index is 13.1. The lowest BCUT2D eigenvalue weighted by atomic mass is 10.1. The van der Waals surface area contributed by atoms with Crippen molar-refractivity contribution in [3.63, 3.8) is 0 Å². The van der Waals surface area contributed by atoms with E-state index < -0.39 is 10.0 Å². The summed E-state index contributed by atoms with van der Waals surface area (Å²) in [7, 11) is -3.56. The Morgan fingerprint density at radius 1 is 1.17 bits per heavy atom. The standard InChI is InChI=1S/C22H35N3O4S/c1-3-24(4-2)21-12-11-19(30(27,28)25-14-6-5-7-15-25)17-20(21)23-22(26)13-10-18-9-8-16-29-18/h11-12,17-18H,3-10,13-16H2,1-2H3,(H,23,26). The van der Waals surface area contributed by atoms with E-state index in [1.54, 1.807) is 16.4 Å². The molecule has 2 saturated heterocycles. The molecule has 1 atom stereocenters. The molecule has 2 aliphatic heterocycles. The number of nitrogens with one attached hydrogen (secondary N) is 1. The van der Waals surface area contributed by atoms with Gasteiger partial charge in [-0.25, -0.2) is 8.42 Å². The predicted octanol–water partition coefficient (Wildman–Crippen LogP) is 3.61. The molecule has 7 nitrogen and oxygen atoms in total. The van der Waals surface area contributed by atoms with E-state index in [4.69, 9.17) is 4.74 Å². The number of benzene rings is 1. The fraction of sp³-hybridized carbons (Fsp3) is 0.682. The summed E-state index contributed by atoms with van der Waals surface area (Å²) in [6.07, 6.45) is 6.12. The average Bonchev–Trinajstić information content (AvgIpc) is 3.28. The smallest absolute Gasteiger partial charge is 0.243 e. The van der Waals surface area contributed by atoms with E-state index in [1.807, 2.05) is 19.9 Å². The number of sulfonamides is 1. The number of piperidine rings is 1. The molecule has 8 heteroatoms. The molecule has 1 amide bonds. The summed E-state index contributed by atoms with van der Waals surface area (Å²) in [4.78, 5) is 15.0. The minimum Gasteiger partial charge on any atom is -0.378 e. The fourth-order valence-electron chi connectivity index (χ4n) is 4.25. The molecule has 0 aromatic heterocycles. The maximum Gasteiger partial charge on any atom is 0.243 e. The van der Waals surface area contributed by atoms with Crippen molar-refractivity contribution >= 4 is 27.3 Å². The number of ether oxygens (including phenoxy) is 1. The predicted molar refractivity (Wildman–Crippen MR) is 119 cm³/mol. The van der Waals surface area contributed by atoms with Gasteiger partial charge < -0.3 is 15.0 Å². The Morgan fingerprint density at radius 3 is 2.53 bits per heavy atom. The first-order valence-corrected chi connectivity index (χ1v) is 12.7. The summed E-state index contributed by atoms with van der Waals surface area (Å²) in [6, 6.07) is 5.11. The van der Waals surface area contributed by atoms with Crippen LogP contribution in [0.2, 0.25) is 0 Å². The molecule has 2 aliphatic rings. The molecule has 0 radical (unpaired) electrons. The molecule has 168 valence electrons. The van der Waals surface area contributed by atoms with Crippen molar-refractivity contribution in [2.45, 2.75) is 69.8 Å². The summed E-state index contributed by atoms with van der Waals surface area (Å²) in [5, 5.41) is 2.98. The van der Waals surface area contributed by atoms with Crippen molar-refractivity contribution in [3.8, 4) is 0 Å². The molecule has 2 fully saturated rings. The number of carbonyl (C=O) groups is 1. The van der Waals surface area contributed by atoms with Crippen LogP contribution < -0.4 is 10.2 Å². The number of hydrogen-bond acceptors (Lipinski definition) is 5. The van der Waals surface area contributed by atoms with Gasteiger partial charge in [0, 0.05) is 39.2 Å². The molecule has 2 heterocycles. The highest BCUT2D eigenvalue weighted by atomic mass is 32.2. The van der Waals surface area contributed by atoms with Crippen LogP contribution in [-0.2, 0) is 19.6 Å². The number of rotatable bonds is 9. The summed E-state index contributed by atoms with van der Waals surface area (Å²) < 4.78 is 33.4. The molecule has 1 unspecified atom stereocenters. The van der Waals surface area contributed by atoms with Gasteiger partial charge in [0.1, 0.15) is 0 Å². The van der Waals surface area contributed by atoms with Gasteiger partial charge in [0.15, 0.2) is 0 Å². The number of carbonyl (C=O) groups excluding carboxylic acids is 1. The number of anilines is 2. The monoisotopic (exact) mass is 437 g/mol. The summed E-state index contributed by atoms with van der Waals surface area (Å²) >= 11 is 0. The van der Waals surface area contributed by atoms with E-state index in [0.29, 0.717) is 31.6 Å². The lowest BCUT2D eigenvalue weighted by Gasteiger charge is -2.28. The quantitative estimate of drug-likeness (QED) is 0.639. The van der Waals surface area contributed by atoms with E-state index in [-0.39, 0.29) is 16.9 Å². The zero-order valence-corrected chi connectivity index (χ0v) is 19.0. The molecular weight excluding hydrogens is 402 g/mol. The Labute approximate surface area is 180 Å². The van der Waals surface area contributed by atoms with E-state index in [2.05, 4.69) is 10.2 Å². The molecule has 3 rings (SSSR count). The third kappa shape index (κ3) is 5.53. The van der Waals surface area contributed by atoms with E-state index in [1.165, 1.54) is 0 Å². The fourth-order valence-corrected chi connectivity index (χ4v) is 5.79. The van der Waals surface area contributed by atoms with Gasteiger partial charge >= 0.3 is 0 Å². The first-order chi connectivity index (χ1) is 14.5. The normalized spacial score (nSPS) is 20.3. The SMILES string of the molecule is CCN(CC)c1ccc(S(=O)(=O)N2CCCCC2)cc1NC(=O)CCC1CCCO1. The number of amides is 1. The molecule has 30 heavy (non-hydrogen) atoms. The maximum absolute atomic E-state index is 13.1. The number of hydrogen-bond donors (Lipinski definition) is 1. The Morgan fingerprint density at radius 2 is 1.90 bits per heavy atom. The zero-order chi connectivity index (χ0) is 21.6. The Hall–Kier alpha value is -1.64. The molecule has 0 bridgehead atoms. The topological polar surface area (TPSA) is 79.0 Å². The van der Waals surface area contributed by atoms with Crippen LogP contribution in [0.25, 0.3) is 0 Å². The van der Waals surface area contributed by atoms with Crippen LogP contribution in [0.3, 0.4) is 0 Å². The minimum atomic E-state index is -3.56. The van der Waals surface area contributed by atoms with Crippen LogP contribution in [0.15, 0.2) is 23.1 Å². The first-order valence-electron chi connectivity index (χ1n) is 11.3. The van der Waals surface area contributed by atoms with Crippen molar-refractivity contribution in [2.24, 2.45) is 0 Å². The Balaban J connectivity index is 1.81.